The average molecular weight is 338 g/mol. The molecule has 2 amide bonds. The first-order chi connectivity index (χ1) is 11.5. The fraction of sp³-hybridized carbons (Fsp3) is 0.722. The van der Waals surface area contributed by atoms with Crippen molar-refractivity contribution in [2.45, 2.75) is 51.2 Å². The Balaban J connectivity index is 1.93. The molecule has 0 bridgehead atoms. The number of hydrogen-bond acceptors (Lipinski definition) is 4. The molecule has 1 saturated carbocycles. The first-order valence-corrected chi connectivity index (χ1v) is 8.82. The molecular weight excluding hydrogens is 308 g/mol. The third-order valence-electron chi connectivity index (χ3n) is 4.73. The van der Waals surface area contributed by atoms with E-state index < -0.39 is 0 Å². The molecule has 1 heterocycles. The van der Waals surface area contributed by atoms with Crippen LogP contribution in [0, 0.1) is 5.92 Å². The minimum Gasteiger partial charge on any atom is -0.464 e. The Bertz CT molecular complexity index is 517. The van der Waals surface area contributed by atoms with E-state index in [0.29, 0.717) is 18.9 Å². The third-order valence-corrected chi connectivity index (χ3v) is 4.73. The number of aryl methyl sites for hydroxylation is 1. The number of aliphatic hydroxyl groups excluding tert-OH is 1. The second-order valence-electron chi connectivity index (χ2n) is 6.61. The smallest absolute Gasteiger partial charge is 0.317 e. The molecule has 6 nitrogen and oxygen atoms in total. The van der Waals surface area contributed by atoms with E-state index in [4.69, 9.17) is 9.15 Å². The lowest BCUT2D eigenvalue weighted by Crippen LogP contribution is -2.44. The number of nitrogens with one attached hydrogen (secondary N) is 1. The minimum absolute atomic E-state index is 0.158. The van der Waals surface area contributed by atoms with E-state index in [1.807, 2.05) is 19.1 Å². The van der Waals surface area contributed by atoms with Gasteiger partial charge in [-0.05, 0) is 25.0 Å². The van der Waals surface area contributed by atoms with Gasteiger partial charge in [0.15, 0.2) is 0 Å². The first kappa shape index (κ1) is 18.8. The van der Waals surface area contributed by atoms with Crippen LogP contribution < -0.4 is 5.32 Å². The van der Waals surface area contributed by atoms with Gasteiger partial charge in [-0.1, -0.05) is 19.8 Å². The quantitative estimate of drug-likeness (QED) is 0.801. The summed E-state index contributed by atoms with van der Waals surface area (Å²) in [5.41, 5.74) is 0. The molecular formula is C18H30N2O4. The number of carbonyl (C=O) groups excluding carboxylic acids is 1. The lowest BCUT2D eigenvalue weighted by molar-refractivity contribution is 0.0557. The Morgan fingerprint density at radius 3 is 2.83 bits per heavy atom. The second kappa shape index (κ2) is 9.08. The number of rotatable bonds is 7. The van der Waals surface area contributed by atoms with Crippen molar-refractivity contribution < 1.29 is 19.1 Å². The molecule has 6 heteroatoms. The van der Waals surface area contributed by atoms with Gasteiger partial charge in [-0.2, -0.15) is 0 Å². The van der Waals surface area contributed by atoms with Crippen LogP contribution in [-0.4, -0.2) is 49.5 Å². The van der Waals surface area contributed by atoms with Crippen molar-refractivity contribution in [2.24, 2.45) is 5.92 Å². The number of hydrogen-bond donors (Lipinski definition) is 2. The zero-order chi connectivity index (χ0) is 17.5. The van der Waals surface area contributed by atoms with E-state index in [1.54, 1.807) is 19.1 Å². The summed E-state index contributed by atoms with van der Waals surface area (Å²) in [6, 6.07) is 3.31. The van der Waals surface area contributed by atoms with Gasteiger partial charge in [0.1, 0.15) is 17.6 Å². The van der Waals surface area contributed by atoms with Crippen molar-refractivity contribution in [3.8, 4) is 0 Å². The van der Waals surface area contributed by atoms with Gasteiger partial charge in [0.05, 0.1) is 12.7 Å². The zero-order valence-corrected chi connectivity index (χ0v) is 15.0. The van der Waals surface area contributed by atoms with Crippen LogP contribution >= 0.6 is 0 Å². The van der Waals surface area contributed by atoms with Gasteiger partial charge in [-0.25, -0.2) is 4.79 Å². The Kier molecular flexibility index (Phi) is 7.12. The fourth-order valence-corrected chi connectivity index (χ4v) is 3.23. The Morgan fingerprint density at radius 1 is 1.46 bits per heavy atom. The largest absolute Gasteiger partial charge is 0.464 e. The van der Waals surface area contributed by atoms with Gasteiger partial charge in [0.25, 0.3) is 0 Å². The van der Waals surface area contributed by atoms with Crippen LogP contribution in [0.2, 0.25) is 0 Å². The molecule has 2 N–H and O–H groups in total. The van der Waals surface area contributed by atoms with Gasteiger partial charge in [0, 0.05) is 33.0 Å². The number of nitrogens with zero attached hydrogens (tertiary/aromatic N) is 1. The van der Waals surface area contributed by atoms with Gasteiger partial charge >= 0.3 is 6.03 Å². The predicted molar refractivity (Wildman–Crippen MR) is 91.8 cm³/mol. The summed E-state index contributed by atoms with van der Waals surface area (Å²) in [5.74, 6) is 1.75. The van der Waals surface area contributed by atoms with Crippen molar-refractivity contribution in [3.05, 3.63) is 23.7 Å². The van der Waals surface area contributed by atoms with E-state index in [0.717, 1.165) is 37.9 Å². The summed E-state index contributed by atoms with van der Waals surface area (Å²) in [7, 11) is 3.37. The highest BCUT2D eigenvalue weighted by Gasteiger charge is 2.27. The highest BCUT2D eigenvalue weighted by molar-refractivity contribution is 5.74. The number of aliphatic hydroxyl groups is 1. The van der Waals surface area contributed by atoms with Gasteiger partial charge < -0.3 is 24.5 Å². The summed E-state index contributed by atoms with van der Waals surface area (Å²) in [6.07, 6.45) is 4.50. The molecule has 3 atom stereocenters. The number of furan rings is 1. The van der Waals surface area contributed by atoms with E-state index in [-0.39, 0.29) is 24.1 Å². The SMILES string of the molecule is CCc1ccc(C(COC)NC(=O)N(C)CC2CCCCC2O)o1. The van der Waals surface area contributed by atoms with Gasteiger partial charge in [0.2, 0.25) is 0 Å². The third kappa shape index (κ3) is 4.98. The highest BCUT2D eigenvalue weighted by atomic mass is 16.5. The number of amides is 2. The monoisotopic (exact) mass is 338 g/mol. The Labute approximate surface area is 144 Å². The zero-order valence-electron chi connectivity index (χ0n) is 15.0. The van der Waals surface area contributed by atoms with E-state index >= 15 is 0 Å². The molecule has 0 spiro atoms. The van der Waals surface area contributed by atoms with Crippen LogP contribution in [0.4, 0.5) is 4.79 Å². The second-order valence-corrected chi connectivity index (χ2v) is 6.61. The Hall–Kier alpha value is -1.53. The Morgan fingerprint density at radius 2 is 2.21 bits per heavy atom. The minimum atomic E-state index is -0.318. The van der Waals surface area contributed by atoms with Crippen LogP contribution in [0.5, 0.6) is 0 Å². The molecule has 1 fully saturated rings. The molecule has 1 aliphatic rings. The molecule has 3 unspecified atom stereocenters. The van der Waals surface area contributed by atoms with Crippen LogP contribution in [0.1, 0.15) is 50.2 Å². The summed E-state index contributed by atoms with van der Waals surface area (Å²) in [6.45, 7) is 2.93. The van der Waals surface area contributed by atoms with Crippen molar-refractivity contribution in [1.82, 2.24) is 10.2 Å². The molecule has 24 heavy (non-hydrogen) atoms. The van der Waals surface area contributed by atoms with Gasteiger partial charge in [-0.3, -0.25) is 0 Å². The topological polar surface area (TPSA) is 74.9 Å². The lowest BCUT2D eigenvalue weighted by Gasteiger charge is -2.31. The maximum absolute atomic E-state index is 12.5. The maximum atomic E-state index is 12.5. The van der Waals surface area contributed by atoms with Crippen molar-refractivity contribution >= 4 is 6.03 Å². The number of urea groups is 1. The summed E-state index contributed by atoms with van der Waals surface area (Å²) in [5, 5.41) is 13.0. The van der Waals surface area contributed by atoms with E-state index in [1.165, 1.54) is 0 Å². The van der Waals surface area contributed by atoms with Crippen molar-refractivity contribution in [1.29, 1.82) is 0 Å². The van der Waals surface area contributed by atoms with Gasteiger partial charge in [-0.15, -0.1) is 0 Å². The molecule has 1 aliphatic carbocycles. The highest BCUT2D eigenvalue weighted by Crippen LogP contribution is 2.25. The van der Waals surface area contributed by atoms with E-state index in [2.05, 4.69) is 5.32 Å². The predicted octanol–water partition coefficient (Wildman–Crippen LogP) is 2.72. The normalized spacial score (nSPS) is 22.2. The summed E-state index contributed by atoms with van der Waals surface area (Å²) >= 11 is 0. The maximum Gasteiger partial charge on any atom is 0.317 e. The number of methoxy groups -OCH3 is 1. The van der Waals surface area contributed by atoms with Crippen LogP contribution in [0.15, 0.2) is 16.5 Å². The molecule has 0 radical (unpaired) electrons. The van der Waals surface area contributed by atoms with Crippen molar-refractivity contribution in [3.63, 3.8) is 0 Å². The van der Waals surface area contributed by atoms with Crippen LogP contribution in [0.25, 0.3) is 0 Å². The lowest BCUT2D eigenvalue weighted by atomic mass is 9.86. The first-order valence-electron chi connectivity index (χ1n) is 8.82. The van der Waals surface area contributed by atoms with Crippen LogP contribution in [0.3, 0.4) is 0 Å². The average Bonchev–Trinajstić information content (AvgIpc) is 3.05. The molecule has 0 aliphatic heterocycles. The van der Waals surface area contributed by atoms with E-state index in [9.17, 15) is 9.90 Å². The number of carbonyl (C=O) groups is 1. The van der Waals surface area contributed by atoms with Crippen LogP contribution in [-0.2, 0) is 11.2 Å². The number of ether oxygens (including phenoxy) is 1. The fourth-order valence-electron chi connectivity index (χ4n) is 3.23. The molecule has 2 rings (SSSR count). The standard InChI is InChI=1S/C18H30N2O4/c1-4-14-9-10-17(24-14)15(12-23-3)19-18(22)20(2)11-13-7-5-6-8-16(13)21/h9-10,13,15-16,21H,4-8,11-12H2,1-3H3,(H,19,22). The van der Waals surface area contributed by atoms with Crippen molar-refractivity contribution in [2.75, 3.05) is 27.3 Å². The molecule has 0 saturated heterocycles. The summed E-state index contributed by atoms with van der Waals surface area (Å²) < 4.78 is 11.0. The molecule has 136 valence electrons. The summed E-state index contributed by atoms with van der Waals surface area (Å²) in [4.78, 5) is 14.1. The molecule has 1 aromatic rings. The molecule has 0 aromatic carbocycles. The molecule has 1 aromatic heterocycles.